The molecule has 0 amide bonds. The number of aromatic hydroxyl groups is 2. The molecule has 0 unspecified atom stereocenters. The lowest BCUT2D eigenvalue weighted by atomic mass is 9.99. The highest BCUT2D eigenvalue weighted by molar-refractivity contribution is 6.32. The average molecular weight is 452 g/mol. The number of aromatic nitrogens is 3. The van der Waals surface area contributed by atoms with Crippen LogP contribution in [0.2, 0.25) is 5.02 Å². The van der Waals surface area contributed by atoms with Crippen LogP contribution >= 0.6 is 11.6 Å². The maximum Gasteiger partial charge on any atom is 0.235 e. The average Bonchev–Trinajstić information content (AvgIpc) is 3.41. The molecule has 4 rings (SSSR count). The van der Waals surface area contributed by atoms with Crippen LogP contribution in [0.3, 0.4) is 0 Å². The highest BCUT2D eigenvalue weighted by Crippen LogP contribution is 2.42. The van der Waals surface area contributed by atoms with Gasteiger partial charge in [0.05, 0.1) is 29.7 Å². The van der Waals surface area contributed by atoms with Crippen molar-refractivity contribution in [2.45, 2.75) is 19.5 Å². The fourth-order valence-electron chi connectivity index (χ4n) is 3.70. The summed E-state index contributed by atoms with van der Waals surface area (Å²) in [5.41, 5.74) is 1.45. The summed E-state index contributed by atoms with van der Waals surface area (Å²) >= 11 is 6.21. The van der Waals surface area contributed by atoms with Gasteiger partial charge < -0.3 is 24.1 Å². The van der Waals surface area contributed by atoms with Gasteiger partial charge in [0.25, 0.3) is 0 Å². The molecule has 0 saturated heterocycles. The third kappa shape index (κ3) is 4.07. The zero-order valence-corrected chi connectivity index (χ0v) is 18.2. The first-order chi connectivity index (χ1) is 15.5. The van der Waals surface area contributed by atoms with Crippen LogP contribution in [0.15, 0.2) is 67.3 Å². The van der Waals surface area contributed by atoms with Gasteiger partial charge in [0.2, 0.25) is 5.88 Å². The zero-order chi connectivity index (χ0) is 22.7. The summed E-state index contributed by atoms with van der Waals surface area (Å²) in [4.78, 5) is 17.5. The van der Waals surface area contributed by atoms with Crippen molar-refractivity contribution in [3.8, 4) is 28.6 Å². The van der Waals surface area contributed by atoms with E-state index in [0.717, 1.165) is 0 Å². The smallest absolute Gasteiger partial charge is 0.235 e. The van der Waals surface area contributed by atoms with E-state index in [1.807, 2.05) is 41.1 Å². The monoisotopic (exact) mass is 451 g/mol. The highest BCUT2D eigenvalue weighted by atomic mass is 35.5. The fourth-order valence-corrected chi connectivity index (χ4v) is 3.96. The first kappa shape index (κ1) is 21.5. The van der Waals surface area contributed by atoms with E-state index in [9.17, 15) is 15.0 Å². The molecule has 0 aliphatic rings. The predicted octanol–water partition coefficient (Wildman–Crippen LogP) is 4.75. The first-order valence-corrected chi connectivity index (χ1v) is 10.4. The van der Waals surface area contributed by atoms with Crippen molar-refractivity contribution in [2.75, 3.05) is 7.11 Å². The Kier molecular flexibility index (Phi) is 6.18. The van der Waals surface area contributed by atoms with Crippen LogP contribution in [0, 0.1) is 0 Å². The van der Waals surface area contributed by atoms with Crippen molar-refractivity contribution in [3.63, 3.8) is 0 Å². The lowest BCUT2D eigenvalue weighted by molar-refractivity contribution is 0.103. The number of carbonyl (C=O) groups is 1. The van der Waals surface area contributed by atoms with E-state index >= 15 is 0 Å². The first-order valence-electron chi connectivity index (χ1n) is 10.0. The highest BCUT2D eigenvalue weighted by Gasteiger charge is 2.29. The third-order valence-electron chi connectivity index (χ3n) is 5.26. The molecule has 0 radical (unpaired) electrons. The standard InChI is InChI=1S/C24H22ClN3O4/c1-32-19-9-8-17(14-18(19)25)22(29)20-21(16-6-3-2-4-7-16)28(24(31)23(20)30)12-5-11-27-13-10-26-15-27/h2-4,6-10,13-15,30-31H,5,11-12H2,1H3. The molecule has 0 fully saturated rings. The maximum atomic E-state index is 13.4. The second-order valence-corrected chi connectivity index (χ2v) is 7.65. The van der Waals surface area contributed by atoms with Crippen molar-refractivity contribution in [1.29, 1.82) is 0 Å². The van der Waals surface area contributed by atoms with E-state index in [1.165, 1.54) is 13.2 Å². The predicted molar refractivity (Wildman–Crippen MR) is 121 cm³/mol. The van der Waals surface area contributed by atoms with Gasteiger partial charge in [-0.15, -0.1) is 0 Å². The minimum Gasteiger partial charge on any atom is -0.503 e. The van der Waals surface area contributed by atoms with Crippen molar-refractivity contribution in [1.82, 2.24) is 14.1 Å². The van der Waals surface area contributed by atoms with Crippen molar-refractivity contribution in [2.24, 2.45) is 0 Å². The molecule has 0 atom stereocenters. The third-order valence-corrected chi connectivity index (χ3v) is 5.55. The number of carbonyl (C=O) groups excluding carboxylic acids is 1. The Morgan fingerprint density at radius 1 is 1.12 bits per heavy atom. The Hall–Kier alpha value is -3.71. The zero-order valence-electron chi connectivity index (χ0n) is 17.4. The van der Waals surface area contributed by atoms with E-state index < -0.39 is 11.5 Å². The molecule has 2 aromatic carbocycles. The van der Waals surface area contributed by atoms with Crippen LogP contribution in [0.25, 0.3) is 11.3 Å². The minimum absolute atomic E-state index is 0.0255. The molecule has 0 aliphatic carbocycles. The van der Waals surface area contributed by atoms with Gasteiger partial charge in [-0.3, -0.25) is 4.79 Å². The van der Waals surface area contributed by atoms with Crippen LogP contribution in [0.1, 0.15) is 22.3 Å². The normalized spacial score (nSPS) is 10.9. The molecule has 8 heteroatoms. The molecule has 0 saturated carbocycles. The Bertz CT molecular complexity index is 1230. The minimum atomic E-state index is -0.455. The number of methoxy groups -OCH3 is 1. The molecular formula is C24H22ClN3O4. The number of benzene rings is 2. The van der Waals surface area contributed by atoms with Crippen LogP contribution in [0.5, 0.6) is 17.4 Å². The lowest BCUT2D eigenvalue weighted by Crippen LogP contribution is -2.07. The second-order valence-electron chi connectivity index (χ2n) is 7.25. The number of imidazole rings is 1. The summed E-state index contributed by atoms with van der Waals surface area (Å²) in [5, 5.41) is 21.8. The summed E-state index contributed by atoms with van der Waals surface area (Å²) in [7, 11) is 1.49. The molecule has 4 aromatic rings. The second kappa shape index (κ2) is 9.20. The van der Waals surface area contributed by atoms with Crippen LogP contribution in [-0.4, -0.2) is 37.2 Å². The molecule has 164 valence electrons. The summed E-state index contributed by atoms with van der Waals surface area (Å²) in [6, 6.07) is 13.9. The Morgan fingerprint density at radius 2 is 1.91 bits per heavy atom. The largest absolute Gasteiger partial charge is 0.503 e. The molecule has 2 aromatic heterocycles. The summed E-state index contributed by atoms with van der Waals surface area (Å²) in [6.45, 7) is 1.06. The molecule has 7 nitrogen and oxygen atoms in total. The number of rotatable bonds is 8. The van der Waals surface area contributed by atoms with Gasteiger partial charge in [0.15, 0.2) is 11.5 Å². The topological polar surface area (TPSA) is 89.5 Å². The Balaban J connectivity index is 1.77. The molecule has 0 aliphatic heterocycles. The number of ketones is 1. The van der Waals surface area contributed by atoms with Gasteiger partial charge in [-0.25, -0.2) is 4.98 Å². The molecule has 2 heterocycles. The van der Waals surface area contributed by atoms with Crippen molar-refractivity contribution >= 4 is 17.4 Å². The van der Waals surface area contributed by atoms with Crippen molar-refractivity contribution < 1.29 is 19.7 Å². The summed E-state index contributed by atoms with van der Waals surface area (Å²) in [6.07, 6.45) is 5.92. The molecule has 2 N–H and O–H groups in total. The van der Waals surface area contributed by atoms with Crippen LogP contribution < -0.4 is 4.74 Å². The molecule has 0 bridgehead atoms. The van der Waals surface area contributed by atoms with E-state index in [4.69, 9.17) is 16.3 Å². The van der Waals surface area contributed by atoms with E-state index in [-0.39, 0.29) is 22.0 Å². The maximum absolute atomic E-state index is 13.4. The van der Waals surface area contributed by atoms with Gasteiger partial charge in [-0.05, 0) is 30.2 Å². The van der Waals surface area contributed by atoms with Crippen LogP contribution in [-0.2, 0) is 13.1 Å². The van der Waals surface area contributed by atoms with E-state index in [2.05, 4.69) is 4.98 Å². The Labute approximate surface area is 190 Å². The lowest BCUT2D eigenvalue weighted by Gasteiger charge is -2.12. The van der Waals surface area contributed by atoms with Gasteiger partial charge in [0.1, 0.15) is 5.75 Å². The number of hydrogen-bond acceptors (Lipinski definition) is 5. The number of hydrogen-bond donors (Lipinski definition) is 2. The van der Waals surface area contributed by atoms with Gasteiger partial charge in [0, 0.05) is 31.0 Å². The summed E-state index contributed by atoms with van der Waals surface area (Å²) < 4.78 is 8.65. The fraction of sp³-hybridized carbons (Fsp3) is 0.167. The number of nitrogens with zero attached hydrogens (tertiary/aromatic N) is 3. The van der Waals surface area contributed by atoms with Crippen LogP contribution in [0.4, 0.5) is 0 Å². The number of halogens is 1. The van der Waals surface area contributed by atoms with Gasteiger partial charge >= 0.3 is 0 Å². The quantitative estimate of drug-likeness (QED) is 0.377. The Morgan fingerprint density at radius 3 is 2.56 bits per heavy atom. The molecular weight excluding hydrogens is 430 g/mol. The van der Waals surface area contributed by atoms with Crippen molar-refractivity contribution in [3.05, 3.63) is 83.4 Å². The van der Waals surface area contributed by atoms with E-state index in [1.54, 1.807) is 29.2 Å². The number of ether oxygens (including phenoxy) is 1. The SMILES string of the molecule is COc1ccc(C(=O)c2c(O)c(O)n(CCCn3ccnc3)c2-c2ccccc2)cc1Cl. The molecule has 32 heavy (non-hydrogen) atoms. The van der Waals surface area contributed by atoms with E-state index in [0.29, 0.717) is 36.5 Å². The summed E-state index contributed by atoms with van der Waals surface area (Å²) in [5.74, 6) is -0.814. The van der Waals surface area contributed by atoms with Gasteiger partial charge in [-0.1, -0.05) is 41.9 Å². The van der Waals surface area contributed by atoms with Gasteiger partial charge in [-0.2, -0.15) is 0 Å². The number of aryl methyl sites for hydroxylation is 1. The molecule has 0 spiro atoms.